The van der Waals surface area contributed by atoms with Crippen LogP contribution in [0.25, 0.3) is 0 Å². The number of halogens is 1. The van der Waals surface area contributed by atoms with Crippen LogP contribution in [0.15, 0.2) is 29.2 Å². The van der Waals surface area contributed by atoms with Gasteiger partial charge in [0.25, 0.3) is 0 Å². The summed E-state index contributed by atoms with van der Waals surface area (Å²) in [6, 6.07) is 7.31. The van der Waals surface area contributed by atoms with Crippen molar-refractivity contribution >= 4 is 40.9 Å². The van der Waals surface area contributed by atoms with Crippen molar-refractivity contribution < 1.29 is 9.59 Å². The average Bonchev–Trinajstić information content (AvgIpc) is 2.39. The van der Waals surface area contributed by atoms with E-state index in [4.69, 9.17) is 11.6 Å². The van der Waals surface area contributed by atoms with Crippen LogP contribution in [0, 0.1) is 0 Å². The Morgan fingerprint density at radius 2 is 2.11 bits per heavy atom. The molecule has 0 aliphatic heterocycles. The maximum atomic E-state index is 11.5. The zero-order valence-electron chi connectivity index (χ0n) is 10.0. The molecular weight excluding hydrogens is 272 g/mol. The number of amides is 2. The number of benzene rings is 1. The third-order valence-electron chi connectivity index (χ3n) is 2.13. The molecule has 0 aliphatic rings. The van der Waals surface area contributed by atoms with Crippen molar-refractivity contribution in [3.63, 3.8) is 0 Å². The van der Waals surface area contributed by atoms with Crippen molar-refractivity contribution in [1.29, 1.82) is 0 Å². The van der Waals surface area contributed by atoms with E-state index in [0.29, 0.717) is 24.5 Å². The zero-order chi connectivity index (χ0) is 13.4. The molecule has 4 nitrogen and oxygen atoms in total. The molecule has 0 fully saturated rings. The lowest BCUT2D eigenvalue weighted by atomic mass is 10.3. The van der Waals surface area contributed by atoms with Crippen molar-refractivity contribution in [2.75, 3.05) is 24.0 Å². The Bertz CT molecular complexity index is 426. The zero-order valence-corrected chi connectivity index (χ0v) is 11.6. The molecule has 2 amide bonds. The molecule has 0 saturated heterocycles. The number of hydrogen-bond acceptors (Lipinski definition) is 3. The van der Waals surface area contributed by atoms with Gasteiger partial charge in [-0.2, -0.15) is 0 Å². The van der Waals surface area contributed by atoms with E-state index in [1.807, 2.05) is 24.5 Å². The van der Waals surface area contributed by atoms with Crippen molar-refractivity contribution in [2.24, 2.45) is 0 Å². The maximum Gasteiger partial charge on any atom is 0.313 e. The minimum Gasteiger partial charge on any atom is -0.348 e. The molecule has 0 saturated carbocycles. The largest absolute Gasteiger partial charge is 0.348 e. The van der Waals surface area contributed by atoms with Crippen LogP contribution in [-0.4, -0.2) is 30.5 Å². The minimum absolute atomic E-state index is 0.403. The summed E-state index contributed by atoms with van der Waals surface area (Å²) in [6.45, 7) is 0.403. The molecule has 0 atom stereocenters. The molecule has 0 aliphatic carbocycles. The smallest absolute Gasteiger partial charge is 0.313 e. The molecule has 18 heavy (non-hydrogen) atoms. The number of nitrogens with one attached hydrogen (secondary N) is 2. The molecule has 2 N–H and O–H groups in total. The molecule has 6 heteroatoms. The summed E-state index contributed by atoms with van der Waals surface area (Å²) in [5.74, 6) is -0.852. The van der Waals surface area contributed by atoms with E-state index < -0.39 is 11.8 Å². The summed E-state index contributed by atoms with van der Waals surface area (Å²) in [7, 11) is 0. The highest BCUT2D eigenvalue weighted by Gasteiger charge is 2.12. The van der Waals surface area contributed by atoms with Crippen molar-refractivity contribution in [1.82, 2.24) is 5.32 Å². The summed E-state index contributed by atoms with van der Waals surface area (Å²) in [4.78, 5) is 24.0. The molecule has 1 aromatic carbocycles. The first kappa shape index (κ1) is 14.9. The number of thioether (sulfide) groups is 1. The normalized spacial score (nSPS) is 9.89. The second-order valence-electron chi connectivity index (χ2n) is 3.48. The maximum absolute atomic E-state index is 11.5. The Balaban J connectivity index is 2.50. The van der Waals surface area contributed by atoms with Gasteiger partial charge in [0.15, 0.2) is 0 Å². The lowest BCUT2D eigenvalue weighted by molar-refractivity contribution is -0.136. The van der Waals surface area contributed by atoms with Gasteiger partial charge in [0.1, 0.15) is 0 Å². The third-order valence-corrected chi connectivity index (χ3v) is 3.12. The molecule has 0 aromatic heterocycles. The second kappa shape index (κ2) is 8.00. The molecule has 0 spiro atoms. The van der Waals surface area contributed by atoms with Gasteiger partial charge in [-0.25, -0.2) is 0 Å². The van der Waals surface area contributed by atoms with E-state index in [-0.39, 0.29) is 0 Å². The Labute approximate surface area is 115 Å². The van der Waals surface area contributed by atoms with Gasteiger partial charge in [-0.15, -0.1) is 23.4 Å². The van der Waals surface area contributed by atoms with Crippen LogP contribution in [0.4, 0.5) is 5.69 Å². The molecule has 0 radical (unpaired) electrons. The molecule has 98 valence electrons. The van der Waals surface area contributed by atoms with E-state index in [2.05, 4.69) is 10.6 Å². The Morgan fingerprint density at radius 1 is 1.33 bits per heavy atom. The highest BCUT2D eigenvalue weighted by molar-refractivity contribution is 7.98. The van der Waals surface area contributed by atoms with Gasteiger partial charge in [-0.05, 0) is 30.9 Å². The van der Waals surface area contributed by atoms with E-state index >= 15 is 0 Å². The topological polar surface area (TPSA) is 58.2 Å². The van der Waals surface area contributed by atoms with Crippen molar-refractivity contribution in [2.45, 2.75) is 11.3 Å². The fourth-order valence-corrected chi connectivity index (χ4v) is 1.83. The van der Waals surface area contributed by atoms with Gasteiger partial charge >= 0.3 is 11.8 Å². The van der Waals surface area contributed by atoms with Crippen LogP contribution in [0.5, 0.6) is 0 Å². The van der Waals surface area contributed by atoms with Gasteiger partial charge in [0.2, 0.25) is 0 Å². The van der Waals surface area contributed by atoms with E-state index in [0.717, 1.165) is 4.90 Å². The van der Waals surface area contributed by atoms with Crippen LogP contribution < -0.4 is 10.6 Å². The Morgan fingerprint density at radius 3 is 2.78 bits per heavy atom. The first-order valence-electron chi connectivity index (χ1n) is 5.46. The number of alkyl halides is 1. The Kier molecular flexibility index (Phi) is 6.60. The monoisotopic (exact) mass is 286 g/mol. The van der Waals surface area contributed by atoms with E-state index in [1.54, 1.807) is 17.8 Å². The highest BCUT2D eigenvalue weighted by Crippen LogP contribution is 2.18. The summed E-state index contributed by atoms with van der Waals surface area (Å²) in [5.41, 5.74) is 0.611. The van der Waals surface area contributed by atoms with Crippen LogP contribution in [0.1, 0.15) is 6.42 Å². The fraction of sp³-hybridized carbons (Fsp3) is 0.333. The van der Waals surface area contributed by atoms with E-state index in [1.165, 1.54) is 0 Å². The fourth-order valence-electron chi connectivity index (χ4n) is 1.24. The molecule has 1 aromatic rings. The van der Waals surface area contributed by atoms with Crippen LogP contribution in [-0.2, 0) is 9.59 Å². The molecule has 0 heterocycles. The first-order chi connectivity index (χ1) is 8.67. The predicted molar refractivity (Wildman–Crippen MR) is 75.2 cm³/mol. The lowest BCUT2D eigenvalue weighted by Crippen LogP contribution is -2.36. The quantitative estimate of drug-likeness (QED) is 0.377. The summed E-state index contributed by atoms with van der Waals surface area (Å²) in [6.07, 6.45) is 2.59. The standard InChI is InChI=1S/C12H15ClN2O2S/c1-18-10-5-2-4-9(8-10)15-12(17)11(16)14-7-3-6-13/h2,4-5,8H,3,6-7H2,1H3,(H,14,16)(H,15,17). The number of anilines is 1. The van der Waals surface area contributed by atoms with Gasteiger partial charge in [0.05, 0.1) is 0 Å². The number of hydrogen-bond donors (Lipinski definition) is 2. The predicted octanol–water partition coefficient (Wildman–Crippen LogP) is 2.09. The first-order valence-corrected chi connectivity index (χ1v) is 7.22. The van der Waals surface area contributed by atoms with Gasteiger partial charge in [-0.1, -0.05) is 6.07 Å². The molecule has 1 rings (SSSR count). The summed E-state index contributed by atoms with van der Waals surface area (Å²) in [5, 5.41) is 5.04. The third kappa shape index (κ3) is 4.98. The molecule has 0 bridgehead atoms. The summed E-state index contributed by atoms with van der Waals surface area (Å²) >= 11 is 7.04. The van der Waals surface area contributed by atoms with Gasteiger partial charge in [-0.3, -0.25) is 9.59 Å². The van der Waals surface area contributed by atoms with Crippen LogP contribution in [0.3, 0.4) is 0 Å². The van der Waals surface area contributed by atoms with Gasteiger partial charge in [0, 0.05) is 23.0 Å². The molecule has 0 unspecified atom stereocenters. The van der Waals surface area contributed by atoms with Crippen molar-refractivity contribution in [3.8, 4) is 0 Å². The summed E-state index contributed by atoms with van der Waals surface area (Å²) < 4.78 is 0. The lowest BCUT2D eigenvalue weighted by Gasteiger charge is -2.06. The average molecular weight is 287 g/mol. The molecular formula is C12H15ClN2O2S. The SMILES string of the molecule is CSc1cccc(NC(=O)C(=O)NCCCCl)c1. The van der Waals surface area contributed by atoms with Crippen molar-refractivity contribution in [3.05, 3.63) is 24.3 Å². The second-order valence-corrected chi connectivity index (χ2v) is 4.74. The highest BCUT2D eigenvalue weighted by atomic mass is 35.5. The number of carbonyl (C=O) groups is 2. The van der Waals surface area contributed by atoms with Crippen LogP contribution >= 0.6 is 23.4 Å². The minimum atomic E-state index is -0.664. The van der Waals surface area contributed by atoms with E-state index in [9.17, 15) is 9.59 Å². The Hall–Kier alpha value is -1.20. The number of carbonyl (C=O) groups excluding carboxylic acids is 2. The van der Waals surface area contributed by atoms with Gasteiger partial charge < -0.3 is 10.6 Å². The number of rotatable bonds is 5. The van der Waals surface area contributed by atoms with Crippen LogP contribution in [0.2, 0.25) is 0 Å².